The van der Waals surface area contributed by atoms with Crippen molar-refractivity contribution >= 4 is 17.0 Å². The lowest BCUT2D eigenvalue weighted by Gasteiger charge is -2.18. The number of nitrogens with one attached hydrogen (secondary N) is 1. The summed E-state index contributed by atoms with van der Waals surface area (Å²) in [6.45, 7) is 12.6. The Morgan fingerprint density at radius 2 is 1.95 bits per heavy atom. The monoisotopic (exact) mass is 297 g/mol. The molecule has 0 spiro atoms. The van der Waals surface area contributed by atoms with Crippen LogP contribution in [-0.2, 0) is 7.05 Å². The minimum atomic E-state index is 0.0811. The standard InChI is InChI=1S/C17H23N5/c1-12(7-8-13(2)17(3,4)5)9-18-15-14-16(20-10-19-15)21-11-22(14)6/h7-11H,2H2,1,3-6H3,(H,18,19,20)/b8-7-,12-9+. The van der Waals surface area contributed by atoms with Gasteiger partial charge in [-0.05, 0) is 23.5 Å². The number of fused-ring (bicyclic) bond motifs is 1. The number of allylic oxidation sites excluding steroid dienone is 4. The molecule has 0 amide bonds. The normalized spacial score (nSPS) is 13.0. The zero-order chi connectivity index (χ0) is 16.3. The molecule has 1 N–H and O–H groups in total. The highest BCUT2D eigenvalue weighted by Crippen LogP contribution is 2.24. The molecule has 0 aliphatic rings. The second kappa shape index (κ2) is 6.13. The van der Waals surface area contributed by atoms with Gasteiger partial charge in [-0.2, -0.15) is 0 Å². The third-order valence-electron chi connectivity index (χ3n) is 3.46. The lowest BCUT2D eigenvalue weighted by Crippen LogP contribution is -2.05. The summed E-state index contributed by atoms with van der Waals surface area (Å²) in [5.41, 5.74) is 3.82. The maximum atomic E-state index is 4.28. The van der Waals surface area contributed by atoms with E-state index in [4.69, 9.17) is 0 Å². The van der Waals surface area contributed by atoms with Crippen LogP contribution in [0, 0.1) is 5.41 Å². The summed E-state index contributed by atoms with van der Waals surface area (Å²) in [6.07, 6.45) is 9.25. The SMILES string of the molecule is C=C(/C=C\C(C)=C\Nc1ncnc2ncn(C)c12)C(C)(C)C. The summed E-state index contributed by atoms with van der Waals surface area (Å²) in [5, 5.41) is 3.22. The van der Waals surface area contributed by atoms with Crippen LogP contribution in [0.1, 0.15) is 27.7 Å². The Kier molecular flexibility index (Phi) is 4.45. The Bertz CT molecular complexity index is 744. The van der Waals surface area contributed by atoms with Gasteiger partial charge >= 0.3 is 0 Å². The highest BCUT2D eigenvalue weighted by molar-refractivity contribution is 5.83. The number of aryl methyl sites for hydroxylation is 1. The lowest BCUT2D eigenvalue weighted by molar-refractivity contribution is 0.519. The molecule has 5 heteroatoms. The van der Waals surface area contributed by atoms with Gasteiger partial charge in [-0.3, -0.25) is 0 Å². The highest BCUT2D eigenvalue weighted by Gasteiger charge is 2.11. The van der Waals surface area contributed by atoms with Crippen molar-refractivity contribution in [2.45, 2.75) is 27.7 Å². The first kappa shape index (κ1) is 15.9. The molecule has 2 aromatic rings. The lowest BCUT2D eigenvalue weighted by atomic mass is 9.87. The average molecular weight is 297 g/mol. The van der Waals surface area contributed by atoms with Crippen LogP contribution in [0.4, 0.5) is 5.82 Å². The van der Waals surface area contributed by atoms with Crippen LogP contribution >= 0.6 is 0 Å². The van der Waals surface area contributed by atoms with Crippen molar-refractivity contribution in [2.75, 3.05) is 5.32 Å². The van der Waals surface area contributed by atoms with E-state index >= 15 is 0 Å². The Labute approximate surface area is 131 Å². The summed E-state index contributed by atoms with van der Waals surface area (Å²) in [4.78, 5) is 12.6. The van der Waals surface area contributed by atoms with Gasteiger partial charge in [0.2, 0.25) is 0 Å². The number of aromatic nitrogens is 4. The minimum Gasteiger partial charge on any atom is -0.345 e. The molecule has 2 rings (SSSR count). The largest absolute Gasteiger partial charge is 0.345 e. The molecule has 0 aliphatic carbocycles. The van der Waals surface area contributed by atoms with Crippen LogP contribution in [0.2, 0.25) is 0 Å². The fraction of sp³-hybridized carbons (Fsp3) is 0.353. The van der Waals surface area contributed by atoms with Crippen LogP contribution in [0.15, 0.2) is 48.7 Å². The van der Waals surface area contributed by atoms with E-state index in [9.17, 15) is 0 Å². The first-order valence-corrected chi connectivity index (χ1v) is 7.22. The molecule has 0 saturated carbocycles. The van der Waals surface area contributed by atoms with E-state index in [0.717, 1.165) is 22.5 Å². The topological polar surface area (TPSA) is 55.6 Å². The quantitative estimate of drug-likeness (QED) is 0.871. The van der Waals surface area contributed by atoms with E-state index in [1.165, 1.54) is 6.33 Å². The summed E-state index contributed by atoms with van der Waals surface area (Å²) in [5.74, 6) is 0.743. The molecular weight excluding hydrogens is 274 g/mol. The van der Waals surface area contributed by atoms with Crippen molar-refractivity contribution in [3.05, 3.63) is 48.7 Å². The van der Waals surface area contributed by atoms with Gasteiger partial charge in [0.15, 0.2) is 11.5 Å². The van der Waals surface area contributed by atoms with Gasteiger partial charge < -0.3 is 9.88 Å². The molecule has 2 heterocycles. The predicted octanol–water partition coefficient (Wildman–Crippen LogP) is 3.84. The number of hydrogen-bond acceptors (Lipinski definition) is 4. The van der Waals surface area contributed by atoms with Crippen molar-refractivity contribution in [3.8, 4) is 0 Å². The number of rotatable bonds is 4. The molecule has 0 aromatic carbocycles. The zero-order valence-electron chi connectivity index (χ0n) is 13.9. The second-order valence-electron chi connectivity index (χ2n) is 6.39. The molecule has 0 bridgehead atoms. The average Bonchev–Trinajstić information content (AvgIpc) is 2.83. The molecule has 0 atom stereocenters. The van der Waals surface area contributed by atoms with Crippen LogP contribution in [0.5, 0.6) is 0 Å². The third-order valence-corrected chi connectivity index (χ3v) is 3.46. The highest BCUT2D eigenvalue weighted by atomic mass is 15.1. The Balaban J connectivity index is 2.15. The molecular formula is C17H23N5. The van der Waals surface area contributed by atoms with Crippen LogP contribution in [-0.4, -0.2) is 19.5 Å². The van der Waals surface area contributed by atoms with Gasteiger partial charge in [0, 0.05) is 13.2 Å². The van der Waals surface area contributed by atoms with Crippen LogP contribution < -0.4 is 5.32 Å². The number of hydrogen-bond donors (Lipinski definition) is 1. The minimum absolute atomic E-state index is 0.0811. The molecule has 0 radical (unpaired) electrons. The predicted molar refractivity (Wildman–Crippen MR) is 91.4 cm³/mol. The number of imidazole rings is 1. The maximum absolute atomic E-state index is 4.28. The summed E-state index contributed by atoms with van der Waals surface area (Å²) in [6, 6.07) is 0. The molecule has 0 saturated heterocycles. The second-order valence-corrected chi connectivity index (χ2v) is 6.39. The molecule has 0 aliphatic heterocycles. The van der Waals surface area contributed by atoms with Gasteiger partial charge in [0.25, 0.3) is 0 Å². The van der Waals surface area contributed by atoms with Gasteiger partial charge in [-0.25, -0.2) is 15.0 Å². The van der Waals surface area contributed by atoms with Crippen LogP contribution in [0.25, 0.3) is 11.2 Å². The molecule has 116 valence electrons. The molecule has 22 heavy (non-hydrogen) atoms. The summed E-state index contributed by atoms with van der Waals surface area (Å²) in [7, 11) is 1.92. The molecule has 5 nitrogen and oxygen atoms in total. The van der Waals surface area contributed by atoms with Gasteiger partial charge in [0.05, 0.1) is 6.33 Å². The Hall–Kier alpha value is -2.43. The fourth-order valence-corrected chi connectivity index (χ4v) is 1.81. The molecule has 0 fully saturated rings. The van der Waals surface area contributed by atoms with E-state index in [0.29, 0.717) is 5.65 Å². The van der Waals surface area contributed by atoms with E-state index in [-0.39, 0.29) is 5.41 Å². The van der Waals surface area contributed by atoms with Crippen molar-refractivity contribution in [3.63, 3.8) is 0 Å². The first-order chi connectivity index (χ1) is 10.3. The fourth-order valence-electron chi connectivity index (χ4n) is 1.81. The Morgan fingerprint density at radius 3 is 2.64 bits per heavy atom. The van der Waals surface area contributed by atoms with Crippen molar-refractivity contribution in [2.24, 2.45) is 12.5 Å². The van der Waals surface area contributed by atoms with E-state index in [1.807, 2.05) is 36.9 Å². The zero-order valence-corrected chi connectivity index (χ0v) is 13.9. The van der Waals surface area contributed by atoms with Gasteiger partial charge in [-0.15, -0.1) is 0 Å². The first-order valence-electron chi connectivity index (χ1n) is 7.22. The number of nitrogens with zero attached hydrogens (tertiary/aromatic N) is 4. The molecule has 0 unspecified atom stereocenters. The third kappa shape index (κ3) is 3.61. The smallest absolute Gasteiger partial charge is 0.182 e. The maximum Gasteiger partial charge on any atom is 0.182 e. The van der Waals surface area contributed by atoms with E-state index in [1.54, 1.807) is 6.33 Å². The van der Waals surface area contributed by atoms with Crippen molar-refractivity contribution in [1.82, 2.24) is 19.5 Å². The number of anilines is 1. The summed E-state index contributed by atoms with van der Waals surface area (Å²) >= 11 is 0. The van der Waals surface area contributed by atoms with Crippen molar-refractivity contribution < 1.29 is 0 Å². The molecule has 2 aromatic heterocycles. The van der Waals surface area contributed by atoms with E-state index in [2.05, 4.69) is 47.6 Å². The van der Waals surface area contributed by atoms with Crippen molar-refractivity contribution in [1.29, 1.82) is 0 Å². The summed E-state index contributed by atoms with van der Waals surface area (Å²) < 4.78 is 1.90. The Morgan fingerprint density at radius 1 is 1.23 bits per heavy atom. The van der Waals surface area contributed by atoms with E-state index < -0.39 is 0 Å². The van der Waals surface area contributed by atoms with Crippen LogP contribution in [0.3, 0.4) is 0 Å². The van der Waals surface area contributed by atoms with Gasteiger partial charge in [0.1, 0.15) is 11.8 Å². The van der Waals surface area contributed by atoms with Gasteiger partial charge in [-0.1, -0.05) is 39.5 Å².